The second-order valence-corrected chi connectivity index (χ2v) is 6.04. The van der Waals surface area contributed by atoms with Crippen LogP contribution in [-0.2, 0) is 16.0 Å². The smallest absolute Gasteiger partial charge is 0.331 e. The molecule has 0 saturated heterocycles. The summed E-state index contributed by atoms with van der Waals surface area (Å²) in [5, 5.41) is 0. The Balaban J connectivity index is 2.15. The van der Waals surface area contributed by atoms with Crippen molar-refractivity contribution in [2.75, 3.05) is 6.61 Å². The lowest BCUT2D eigenvalue weighted by atomic mass is 10.1. The molecule has 2 aromatic rings. The molecule has 4 heteroatoms. The quantitative estimate of drug-likeness (QED) is 0.414. The number of nitrogens with zero attached hydrogens (tertiary/aromatic N) is 1. The van der Waals surface area contributed by atoms with Crippen molar-refractivity contribution in [3.05, 3.63) is 69.3 Å². The molecule has 0 aliphatic rings. The second-order valence-electron chi connectivity index (χ2n) is 4.79. The molecular formula is C18H18INO2. The van der Waals surface area contributed by atoms with E-state index in [9.17, 15) is 4.79 Å². The van der Waals surface area contributed by atoms with Gasteiger partial charge in [0.15, 0.2) is 6.04 Å². The summed E-state index contributed by atoms with van der Waals surface area (Å²) in [6.07, 6.45) is 2.27. The summed E-state index contributed by atoms with van der Waals surface area (Å²) >= 11 is 2.26. The van der Waals surface area contributed by atoms with Crippen LogP contribution in [0.4, 0.5) is 0 Å². The number of benzene rings is 2. The van der Waals surface area contributed by atoms with Crippen LogP contribution in [0.15, 0.2) is 59.6 Å². The lowest BCUT2D eigenvalue weighted by Gasteiger charge is -2.11. The van der Waals surface area contributed by atoms with Gasteiger partial charge in [-0.15, -0.1) is 0 Å². The van der Waals surface area contributed by atoms with Gasteiger partial charge in [-0.25, -0.2) is 4.79 Å². The largest absolute Gasteiger partial charge is 0.464 e. The molecule has 1 atom stereocenters. The molecule has 0 radical (unpaired) electrons. The minimum Gasteiger partial charge on any atom is -0.464 e. The van der Waals surface area contributed by atoms with Crippen LogP contribution in [0.5, 0.6) is 0 Å². The van der Waals surface area contributed by atoms with E-state index >= 15 is 0 Å². The molecule has 22 heavy (non-hydrogen) atoms. The fraction of sp³-hybridized carbons (Fsp3) is 0.222. The van der Waals surface area contributed by atoms with Crippen molar-refractivity contribution in [1.29, 1.82) is 0 Å². The molecule has 0 unspecified atom stereocenters. The Bertz CT molecular complexity index is 641. The Morgan fingerprint density at radius 3 is 2.68 bits per heavy atom. The van der Waals surface area contributed by atoms with Crippen molar-refractivity contribution in [3.8, 4) is 0 Å². The van der Waals surface area contributed by atoms with Gasteiger partial charge in [0.05, 0.1) is 6.61 Å². The molecule has 0 N–H and O–H groups in total. The number of hydrogen-bond donors (Lipinski definition) is 0. The van der Waals surface area contributed by atoms with Crippen LogP contribution in [0.3, 0.4) is 0 Å². The number of halogens is 1. The van der Waals surface area contributed by atoms with Crippen molar-refractivity contribution in [3.63, 3.8) is 0 Å². The molecule has 0 bridgehead atoms. The van der Waals surface area contributed by atoms with Gasteiger partial charge in [0.25, 0.3) is 0 Å². The summed E-state index contributed by atoms with van der Waals surface area (Å²) in [6.45, 7) is 2.17. The van der Waals surface area contributed by atoms with Crippen LogP contribution in [0, 0.1) is 3.57 Å². The maximum Gasteiger partial charge on any atom is 0.331 e. The molecule has 0 aliphatic heterocycles. The average Bonchev–Trinajstić information content (AvgIpc) is 2.52. The molecular weight excluding hydrogens is 389 g/mol. The fourth-order valence-electron chi connectivity index (χ4n) is 2.04. The van der Waals surface area contributed by atoms with Crippen LogP contribution in [0.2, 0.25) is 0 Å². The van der Waals surface area contributed by atoms with Gasteiger partial charge in [0.1, 0.15) is 0 Å². The van der Waals surface area contributed by atoms with Crippen molar-refractivity contribution < 1.29 is 9.53 Å². The molecule has 3 nitrogen and oxygen atoms in total. The van der Waals surface area contributed by atoms with Gasteiger partial charge in [-0.3, -0.25) is 4.99 Å². The van der Waals surface area contributed by atoms with E-state index < -0.39 is 6.04 Å². The molecule has 0 saturated carbocycles. The Hall–Kier alpha value is -1.69. The standard InChI is InChI=1S/C18H18INO2/c1-2-22-18(21)17(12-15-9-6-10-16(19)11-15)20-13-14-7-4-3-5-8-14/h3-11,13,17H,2,12H2,1H3/b20-13+/t17-/m0/s1. The topological polar surface area (TPSA) is 38.7 Å². The normalized spacial score (nSPS) is 12.3. The molecule has 0 fully saturated rings. The number of rotatable bonds is 6. The first-order valence-corrected chi connectivity index (χ1v) is 8.26. The number of carbonyl (C=O) groups excluding carboxylic acids is 1. The van der Waals surface area contributed by atoms with E-state index in [2.05, 4.69) is 33.6 Å². The Kier molecular flexibility index (Phi) is 6.58. The predicted molar refractivity (Wildman–Crippen MR) is 97.3 cm³/mol. The number of ether oxygens (including phenoxy) is 1. The minimum atomic E-state index is -0.515. The van der Waals surface area contributed by atoms with E-state index in [0.29, 0.717) is 13.0 Å². The molecule has 0 spiro atoms. The predicted octanol–water partition coefficient (Wildman–Crippen LogP) is 3.88. The molecule has 2 rings (SSSR count). The van der Waals surface area contributed by atoms with Gasteiger partial charge in [-0.2, -0.15) is 0 Å². The van der Waals surface area contributed by atoms with Crippen LogP contribution in [0.1, 0.15) is 18.1 Å². The highest BCUT2D eigenvalue weighted by Crippen LogP contribution is 2.12. The van der Waals surface area contributed by atoms with E-state index in [1.165, 1.54) is 0 Å². The summed E-state index contributed by atoms with van der Waals surface area (Å²) in [7, 11) is 0. The van der Waals surface area contributed by atoms with E-state index in [4.69, 9.17) is 4.74 Å². The third kappa shape index (κ3) is 5.26. The number of hydrogen-bond acceptors (Lipinski definition) is 3. The summed E-state index contributed by atoms with van der Waals surface area (Å²) in [5.74, 6) is -0.284. The third-order valence-electron chi connectivity index (χ3n) is 3.08. The lowest BCUT2D eigenvalue weighted by molar-refractivity contribution is -0.144. The van der Waals surface area contributed by atoms with Gasteiger partial charge in [-0.1, -0.05) is 42.5 Å². The van der Waals surface area contributed by atoms with Gasteiger partial charge in [-0.05, 0) is 52.8 Å². The molecule has 0 aliphatic carbocycles. The zero-order valence-corrected chi connectivity index (χ0v) is 14.6. The highest BCUT2D eigenvalue weighted by Gasteiger charge is 2.18. The first-order chi connectivity index (χ1) is 10.7. The number of carbonyl (C=O) groups is 1. The summed E-state index contributed by atoms with van der Waals surface area (Å²) < 4.78 is 6.28. The summed E-state index contributed by atoms with van der Waals surface area (Å²) in [6, 6.07) is 17.3. The third-order valence-corrected chi connectivity index (χ3v) is 3.75. The van der Waals surface area contributed by atoms with Gasteiger partial charge in [0, 0.05) is 16.2 Å². The number of esters is 1. The maximum absolute atomic E-state index is 12.1. The van der Waals surface area contributed by atoms with E-state index in [0.717, 1.165) is 14.7 Å². The van der Waals surface area contributed by atoms with Crippen molar-refractivity contribution in [2.24, 2.45) is 4.99 Å². The van der Waals surface area contributed by atoms with E-state index in [1.807, 2.05) is 48.5 Å². The molecule has 2 aromatic carbocycles. The summed E-state index contributed by atoms with van der Waals surface area (Å²) in [5.41, 5.74) is 2.05. The van der Waals surface area contributed by atoms with Gasteiger partial charge >= 0.3 is 5.97 Å². The highest BCUT2D eigenvalue weighted by atomic mass is 127. The van der Waals surface area contributed by atoms with Crippen LogP contribution in [0.25, 0.3) is 0 Å². The zero-order chi connectivity index (χ0) is 15.8. The lowest BCUT2D eigenvalue weighted by Crippen LogP contribution is -2.24. The zero-order valence-electron chi connectivity index (χ0n) is 12.4. The van der Waals surface area contributed by atoms with Crippen molar-refractivity contribution in [2.45, 2.75) is 19.4 Å². The van der Waals surface area contributed by atoms with E-state index in [1.54, 1.807) is 13.1 Å². The van der Waals surface area contributed by atoms with Gasteiger partial charge < -0.3 is 4.74 Å². The van der Waals surface area contributed by atoms with E-state index in [-0.39, 0.29) is 5.97 Å². The monoisotopic (exact) mass is 407 g/mol. The second kappa shape index (κ2) is 8.68. The Labute approximate surface area is 144 Å². The SMILES string of the molecule is CCOC(=O)[C@H](Cc1cccc(I)c1)/N=C/c1ccccc1. The summed E-state index contributed by atoms with van der Waals surface area (Å²) in [4.78, 5) is 16.6. The first kappa shape index (κ1) is 16.7. The van der Waals surface area contributed by atoms with Crippen LogP contribution in [-0.4, -0.2) is 24.8 Å². The van der Waals surface area contributed by atoms with Crippen molar-refractivity contribution >= 4 is 34.8 Å². The van der Waals surface area contributed by atoms with Crippen LogP contribution < -0.4 is 0 Å². The molecule has 114 valence electrons. The van der Waals surface area contributed by atoms with Gasteiger partial charge in [0.2, 0.25) is 0 Å². The fourth-order valence-corrected chi connectivity index (χ4v) is 2.65. The average molecular weight is 407 g/mol. The number of aliphatic imine (C=N–C) groups is 1. The highest BCUT2D eigenvalue weighted by molar-refractivity contribution is 14.1. The molecule has 0 aromatic heterocycles. The molecule has 0 amide bonds. The molecule has 0 heterocycles. The Morgan fingerprint density at radius 1 is 1.23 bits per heavy atom. The van der Waals surface area contributed by atoms with Crippen molar-refractivity contribution in [1.82, 2.24) is 0 Å². The first-order valence-electron chi connectivity index (χ1n) is 7.18. The van der Waals surface area contributed by atoms with Crippen LogP contribution >= 0.6 is 22.6 Å². The maximum atomic E-state index is 12.1. The Morgan fingerprint density at radius 2 is 2.00 bits per heavy atom. The minimum absolute atomic E-state index is 0.284.